The molecule has 0 unspecified atom stereocenters. The van der Waals surface area contributed by atoms with E-state index in [1.54, 1.807) is 5.38 Å². The normalized spacial score (nSPS) is 22.6. The van der Waals surface area contributed by atoms with Gasteiger partial charge in [0.25, 0.3) is 10.0 Å². The van der Waals surface area contributed by atoms with Gasteiger partial charge in [0, 0.05) is 23.7 Å². The first kappa shape index (κ1) is 20.6. The highest BCUT2D eigenvalue weighted by Gasteiger charge is 2.34. The number of anilines is 1. The maximum Gasteiger partial charge on any atom is 0.266 e. The molecule has 4 rings (SSSR count). The summed E-state index contributed by atoms with van der Waals surface area (Å²) in [5, 5.41) is 1.88. The molecule has 6 nitrogen and oxygen atoms in total. The maximum absolute atomic E-state index is 14.9. The monoisotopic (exact) mass is 439 g/mol. The number of aromatic nitrogens is 1. The van der Waals surface area contributed by atoms with Gasteiger partial charge in [0.15, 0.2) is 5.13 Å². The summed E-state index contributed by atoms with van der Waals surface area (Å²) in [4.78, 5) is 5.73. The minimum absolute atomic E-state index is 0.0217. The van der Waals surface area contributed by atoms with Crippen molar-refractivity contribution in [3.05, 3.63) is 35.1 Å². The Morgan fingerprint density at radius 1 is 1.21 bits per heavy atom. The number of thiazole rings is 1. The lowest BCUT2D eigenvalue weighted by Gasteiger charge is -2.36. The summed E-state index contributed by atoms with van der Waals surface area (Å²) in [6, 6.07) is 2.98. The third-order valence-electron chi connectivity index (χ3n) is 5.63. The highest BCUT2D eigenvalue weighted by molar-refractivity contribution is 7.93. The Kier molecular flexibility index (Phi) is 5.81. The Bertz CT molecular complexity index is 960. The standard InChI is InChI=1S/C20H26FN3O3S2/c1-24(2)16-5-3-4-6-17(16)27-18-12-15(21)19(11-14(18)13-7-8-13)29(25,26)23-20-22-9-10-28-20/h9-13,16-17H,3-8H2,1-2H3,(H,22,23)/t16-,17-/m1/s1. The highest BCUT2D eigenvalue weighted by Crippen LogP contribution is 2.46. The molecule has 0 bridgehead atoms. The fraction of sp³-hybridized carbons (Fsp3) is 0.550. The van der Waals surface area contributed by atoms with Crippen molar-refractivity contribution in [3.63, 3.8) is 0 Å². The number of sulfonamides is 1. The average Bonchev–Trinajstić information content (AvgIpc) is 3.38. The SMILES string of the molecule is CN(C)[C@@H]1CCCC[C@H]1Oc1cc(F)c(S(=O)(=O)Nc2nccs2)cc1C1CC1. The van der Waals surface area contributed by atoms with Gasteiger partial charge in [-0.25, -0.2) is 17.8 Å². The van der Waals surface area contributed by atoms with E-state index >= 15 is 0 Å². The van der Waals surface area contributed by atoms with E-state index in [1.165, 1.54) is 18.3 Å². The average molecular weight is 440 g/mol. The van der Waals surface area contributed by atoms with E-state index in [9.17, 15) is 12.8 Å². The Morgan fingerprint density at radius 2 is 1.97 bits per heavy atom. The Balaban J connectivity index is 1.65. The van der Waals surface area contributed by atoms with Crippen molar-refractivity contribution in [2.24, 2.45) is 0 Å². The summed E-state index contributed by atoms with van der Waals surface area (Å²) in [6.07, 6.45) is 7.60. The Morgan fingerprint density at radius 3 is 2.62 bits per heavy atom. The van der Waals surface area contributed by atoms with Crippen LogP contribution in [-0.2, 0) is 10.0 Å². The number of rotatable bonds is 7. The summed E-state index contributed by atoms with van der Waals surface area (Å²) in [7, 11) is 0.0157. The van der Waals surface area contributed by atoms with Gasteiger partial charge in [-0.3, -0.25) is 4.72 Å². The van der Waals surface area contributed by atoms with E-state index in [2.05, 4.69) is 14.6 Å². The lowest BCUT2D eigenvalue weighted by Crippen LogP contribution is -2.44. The predicted octanol–water partition coefficient (Wildman–Crippen LogP) is 4.21. The molecule has 1 aromatic heterocycles. The van der Waals surface area contributed by atoms with Crippen LogP contribution in [0.25, 0.3) is 0 Å². The number of hydrogen-bond donors (Lipinski definition) is 1. The van der Waals surface area contributed by atoms with Gasteiger partial charge in [0.1, 0.15) is 22.6 Å². The lowest BCUT2D eigenvalue weighted by molar-refractivity contribution is 0.0612. The molecule has 2 saturated carbocycles. The number of halogens is 1. The van der Waals surface area contributed by atoms with Gasteiger partial charge in [-0.1, -0.05) is 6.42 Å². The van der Waals surface area contributed by atoms with Gasteiger partial charge >= 0.3 is 0 Å². The fourth-order valence-corrected chi connectivity index (χ4v) is 5.87. The molecular weight excluding hydrogens is 413 g/mol. The number of hydrogen-bond acceptors (Lipinski definition) is 6. The Hall–Kier alpha value is -1.71. The van der Waals surface area contributed by atoms with Crippen LogP contribution in [0.3, 0.4) is 0 Å². The lowest BCUT2D eigenvalue weighted by atomic mass is 9.91. The van der Waals surface area contributed by atoms with Gasteiger partial charge in [-0.05, 0) is 63.7 Å². The quantitative estimate of drug-likeness (QED) is 0.700. The molecule has 158 valence electrons. The zero-order chi connectivity index (χ0) is 20.6. The van der Waals surface area contributed by atoms with Crippen LogP contribution in [0.15, 0.2) is 28.6 Å². The topological polar surface area (TPSA) is 71.5 Å². The summed E-state index contributed by atoms with van der Waals surface area (Å²) < 4.78 is 49.0. The first-order chi connectivity index (χ1) is 13.8. The molecule has 2 aromatic rings. The molecule has 0 amide bonds. The first-order valence-electron chi connectivity index (χ1n) is 9.94. The molecule has 2 atom stereocenters. The molecule has 0 spiro atoms. The molecule has 1 aromatic carbocycles. The van der Waals surface area contributed by atoms with Crippen LogP contribution in [0.4, 0.5) is 9.52 Å². The minimum atomic E-state index is -4.06. The zero-order valence-corrected chi connectivity index (χ0v) is 18.2. The number of benzene rings is 1. The number of nitrogens with zero attached hydrogens (tertiary/aromatic N) is 2. The summed E-state index contributed by atoms with van der Waals surface area (Å²) >= 11 is 1.15. The smallest absolute Gasteiger partial charge is 0.266 e. The van der Waals surface area contributed by atoms with Crippen molar-refractivity contribution in [2.45, 2.75) is 61.5 Å². The molecule has 1 N–H and O–H groups in total. The fourth-order valence-electron chi connectivity index (χ4n) is 3.98. The van der Waals surface area contributed by atoms with Crippen molar-refractivity contribution in [1.82, 2.24) is 9.88 Å². The summed E-state index contributed by atoms with van der Waals surface area (Å²) in [6.45, 7) is 0. The van der Waals surface area contributed by atoms with E-state index in [-0.39, 0.29) is 28.1 Å². The van der Waals surface area contributed by atoms with Crippen LogP contribution in [0.1, 0.15) is 50.0 Å². The third kappa shape index (κ3) is 4.57. The molecule has 2 aliphatic rings. The van der Waals surface area contributed by atoms with Gasteiger partial charge in [0.05, 0.1) is 0 Å². The molecule has 1 heterocycles. The summed E-state index contributed by atoms with van der Waals surface area (Å²) in [5.74, 6) is -0.0940. The van der Waals surface area contributed by atoms with Crippen LogP contribution in [0, 0.1) is 5.82 Å². The van der Waals surface area contributed by atoms with Crippen LogP contribution in [0.2, 0.25) is 0 Å². The van der Waals surface area contributed by atoms with Crippen LogP contribution in [-0.4, -0.2) is 44.5 Å². The van der Waals surface area contributed by atoms with Gasteiger partial charge < -0.3 is 9.64 Å². The number of nitrogens with one attached hydrogen (secondary N) is 1. The van der Waals surface area contributed by atoms with Crippen molar-refractivity contribution < 1.29 is 17.5 Å². The molecule has 9 heteroatoms. The van der Waals surface area contributed by atoms with E-state index in [0.717, 1.165) is 55.4 Å². The van der Waals surface area contributed by atoms with Crippen LogP contribution >= 0.6 is 11.3 Å². The number of ether oxygens (including phenoxy) is 1. The molecule has 2 fully saturated rings. The third-order valence-corrected chi connectivity index (χ3v) is 7.81. The van der Waals surface area contributed by atoms with Gasteiger partial charge in [-0.2, -0.15) is 0 Å². The van der Waals surface area contributed by atoms with E-state index in [0.29, 0.717) is 5.75 Å². The second kappa shape index (κ2) is 8.20. The second-order valence-corrected chi connectivity index (χ2v) is 10.6. The molecule has 0 radical (unpaired) electrons. The van der Waals surface area contributed by atoms with Crippen molar-refractivity contribution in [2.75, 3.05) is 18.8 Å². The van der Waals surface area contributed by atoms with Gasteiger partial charge in [-0.15, -0.1) is 11.3 Å². The first-order valence-corrected chi connectivity index (χ1v) is 12.3. The van der Waals surface area contributed by atoms with Crippen molar-refractivity contribution >= 4 is 26.5 Å². The molecule has 0 saturated heterocycles. The maximum atomic E-state index is 14.9. The van der Waals surface area contributed by atoms with Crippen LogP contribution < -0.4 is 9.46 Å². The Labute approximate surface area is 175 Å². The van der Waals surface area contributed by atoms with E-state index in [4.69, 9.17) is 4.74 Å². The van der Waals surface area contributed by atoms with E-state index < -0.39 is 15.8 Å². The van der Waals surface area contributed by atoms with Gasteiger partial charge in [0.2, 0.25) is 0 Å². The van der Waals surface area contributed by atoms with Crippen molar-refractivity contribution in [1.29, 1.82) is 0 Å². The predicted molar refractivity (Wildman–Crippen MR) is 112 cm³/mol. The molecule has 29 heavy (non-hydrogen) atoms. The zero-order valence-electron chi connectivity index (χ0n) is 16.6. The molecule has 2 aliphatic carbocycles. The highest BCUT2D eigenvalue weighted by atomic mass is 32.2. The second-order valence-electron chi connectivity index (χ2n) is 8.01. The molecular formula is C20H26FN3O3S2. The van der Waals surface area contributed by atoms with Crippen LogP contribution in [0.5, 0.6) is 5.75 Å². The molecule has 0 aliphatic heterocycles. The minimum Gasteiger partial charge on any atom is -0.488 e. The number of likely N-dealkylation sites (N-methyl/N-ethyl adjacent to an activating group) is 1. The van der Waals surface area contributed by atoms with E-state index in [1.807, 2.05) is 14.1 Å². The largest absolute Gasteiger partial charge is 0.488 e. The summed E-state index contributed by atoms with van der Waals surface area (Å²) in [5.41, 5.74) is 0.786. The van der Waals surface area contributed by atoms with Crippen molar-refractivity contribution in [3.8, 4) is 5.75 Å².